The lowest BCUT2D eigenvalue weighted by molar-refractivity contribution is 0.769. The Morgan fingerprint density at radius 2 is 1.94 bits per heavy atom. The van der Waals surface area contributed by atoms with Crippen molar-refractivity contribution in [2.24, 2.45) is 0 Å². The van der Waals surface area contributed by atoms with Crippen LogP contribution in [0.2, 0.25) is 0 Å². The van der Waals surface area contributed by atoms with Gasteiger partial charge in [0, 0.05) is 18.3 Å². The zero-order chi connectivity index (χ0) is 12.1. The van der Waals surface area contributed by atoms with Crippen LogP contribution in [0.3, 0.4) is 0 Å². The maximum Gasteiger partial charge on any atom is 0.190 e. The summed E-state index contributed by atoms with van der Waals surface area (Å²) in [6.45, 7) is 1.03. The van der Waals surface area contributed by atoms with Gasteiger partial charge < -0.3 is 4.57 Å². The first-order valence-electron chi connectivity index (χ1n) is 6.39. The second-order valence-electron chi connectivity index (χ2n) is 4.94. The molecule has 0 saturated heterocycles. The van der Waals surface area contributed by atoms with Crippen LogP contribution < -0.4 is 5.43 Å². The van der Waals surface area contributed by atoms with Gasteiger partial charge in [0.25, 0.3) is 0 Å². The van der Waals surface area contributed by atoms with Gasteiger partial charge in [0.05, 0.1) is 10.9 Å². The van der Waals surface area contributed by atoms with Crippen molar-refractivity contribution < 1.29 is 0 Å². The largest absolute Gasteiger partial charge is 0.344 e. The minimum Gasteiger partial charge on any atom is -0.344 e. The standard InChI is InChI=1S/C16H13NO/c18-15-10-12-5-3-9-17(12)14-8-7-11-4-1-2-6-13(11)16(14)15/h1-2,4,6-8,10H,3,5,9H2. The maximum absolute atomic E-state index is 12.3. The molecule has 0 N–H and O–H groups in total. The van der Waals surface area contributed by atoms with Gasteiger partial charge in [-0.3, -0.25) is 4.79 Å². The van der Waals surface area contributed by atoms with Gasteiger partial charge in [0.15, 0.2) is 5.43 Å². The Morgan fingerprint density at radius 1 is 1.06 bits per heavy atom. The normalized spacial score (nSPS) is 14.2. The number of benzene rings is 2. The predicted molar refractivity (Wildman–Crippen MR) is 74.0 cm³/mol. The summed E-state index contributed by atoms with van der Waals surface area (Å²) in [6, 6.07) is 14.1. The Balaban J connectivity index is 2.30. The van der Waals surface area contributed by atoms with Crippen LogP contribution in [0.5, 0.6) is 0 Å². The zero-order valence-electron chi connectivity index (χ0n) is 10.0. The van der Waals surface area contributed by atoms with Gasteiger partial charge in [-0.1, -0.05) is 30.3 Å². The van der Waals surface area contributed by atoms with Gasteiger partial charge in [0.2, 0.25) is 0 Å². The molecule has 0 atom stereocenters. The molecular formula is C16H13NO. The van der Waals surface area contributed by atoms with E-state index in [-0.39, 0.29) is 5.43 Å². The van der Waals surface area contributed by atoms with Crippen molar-refractivity contribution in [2.45, 2.75) is 19.4 Å². The molecule has 2 nitrogen and oxygen atoms in total. The van der Waals surface area contributed by atoms with Crippen molar-refractivity contribution >= 4 is 21.7 Å². The molecule has 4 rings (SSSR count). The number of hydrogen-bond acceptors (Lipinski definition) is 1. The van der Waals surface area contributed by atoms with E-state index in [1.165, 1.54) is 5.69 Å². The summed E-state index contributed by atoms with van der Waals surface area (Å²) in [5, 5.41) is 3.08. The zero-order valence-corrected chi connectivity index (χ0v) is 10.0. The summed E-state index contributed by atoms with van der Waals surface area (Å²) in [5.41, 5.74) is 2.44. The van der Waals surface area contributed by atoms with E-state index < -0.39 is 0 Å². The third-order valence-electron chi connectivity index (χ3n) is 3.90. The lowest BCUT2D eigenvalue weighted by atomic mass is 10.0. The van der Waals surface area contributed by atoms with E-state index in [4.69, 9.17) is 0 Å². The van der Waals surface area contributed by atoms with Gasteiger partial charge in [-0.2, -0.15) is 0 Å². The molecule has 2 heterocycles. The molecule has 18 heavy (non-hydrogen) atoms. The smallest absolute Gasteiger partial charge is 0.190 e. The molecule has 0 amide bonds. The molecule has 0 radical (unpaired) electrons. The number of hydrogen-bond donors (Lipinski definition) is 0. The molecule has 3 aromatic rings. The SMILES string of the molecule is O=c1cc2n(c3ccc4ccccc4c13)CCC2. The highest BCUT2D eigenvalue weighted by Gasteiger charge is 2.15. The third kappa shape index (κ3) is 1.20. The fourth-order valence-electron chi connectivity index (χ4n) is 3.09. The number of pyridine rings is 1. The molecular weight excluding hydrogens is 222 g/mol. The van der Waals surface area contributed by atoms with Crippen LogP contribution in [-0.2, 0) is 13.0 Å². The lowest BCUT2D eigenvalue weighted by Gasteiger charge is -2.10. The molecule has 1 aromatic heterocycles. The summed E-state index contributed by atoms with van der Waals surface area (Å²) in [5.74, 6) is 0. The molecule has 0 unspecified atom stereocenters. The molecule has 0 aliphatic carbocycles. The van der Waals surface area contributed by atoms with Crippen molar-refractivity contribution in [3.63, 3.8) is 0 Å². The Morgan fingerprint density at radius 3 is 2.89 bits per heavy atom. The van der Waals surface area contributed by atoms with Crippen molar-refractivity contribution in [2.75, 3.05) is 0 Å². The number of aromatic nitrogens is 1. The fourth-order valence-corrected chi connectivity index (χ4v) is 3.09. The molecule has 0 bridgehead atoms. The highest BCUT2D eigenvalue weighted by molar-refractivity contribution is 6.06. The van der Waals surface area contributed by atoms with Gasteiger partial charge >= 0.3 is 0 Å². The molecule has 1 aliphatic heterocycles. The summed E-state index contributed by atoms with van der Waals surface area (Å²) in [6.07, 6.45) is 2.17. The van der Waals surface area contributed by atoms with E-state index in [9.17, 15) is 4.79 Å². The second kappa shape index (κ2) is 3.45. The number of rotatable bonds is 0. The summed E-state index contributed by atoms with van der Waals surface area (Å²) in [7, 11) is 0. The highest BCUT2D eigenvalue weighted by atomic mass is 16.1. The van der Waals surface area contributed by atoms with E-state index in [0.29, 0.717) is 0 Å². The Kier molecular flexibility index (Phi) is 1.90. The average molecular weight is 235 g/mol. The van der Waals surface area contributed by atoms with E-state index in [1.807, 2.05) is 24.3 Å². The predicted octanol–water partition coefficient (Wildman–Crippen LogP) is 3.10. The number of nitrogens with zero attached hydrogens (tertiary/aromatic N) is 1. The lowest BCUT2D eigenvalue weighted by Crippen LogP contribution is -2.09. The third-order valence-corrected chi connectivity index (χ3v) is 3.90. The van der Waals surface area contributed by atoms with Crippen LogP contribution in [0.4, 0.5) is 0 Å². The van der Waals surface area contributed by atoms with Crippen LogP contribution in [0.1, 0.15) is 12.1 Å². The van der Waals surface area contributed by atoms with E-state index in [0.717, 1.165) is 41.1 Å². The van der Waals surface area contributed by atoms with E-state index >= 15 is 0 Å². The summed E-state index contributed by atoms with van der Waals surface area (Å²) >= 11 is 0. The molecule has 0 saturated carbocycles. The van der Waals surface area contributed by atoms with Crippen LogP contribution in [0.25, 0.3) is 21.7 Å². The molecule has 0 spiro atoms. The molecule has 2 heteroatoms. The highest BCUT2D eigenvalue weighted by Crippen LogP contribution is 2.26. The van der Waals surface area contributed by atoms with Crippen LogP contribution in [0.15, 0.2) is 47.3 Å². The Labute approximate surface area is 104 Å². The first-order valence-corrected chi connectivity index (χ1v) is 6.39. The quantitative estimate of drug-likeness (QED) is 0.549. The van der Waals surface area contributed by atoms with Gasteiger partial charge in [-0.05, 0) is 29.7 Å². The molecule has 88 valence electrons. The Bertz CT molecular complexity index is 829. The van der Waals surface area contributed by atoms with Gasteiger partial charge in [-0.15, -0.1) is 0 Å². The first-order chi connectivity index (χ1) is 8.84. The van der Waals surface area contributed by atoms with E-state index in [2.05, 4.69) is 22.8 Å². The first kappa shape index (κ1) is 9.89. The van der Waals surface area contributed by atoms with Gasteiger partial charge in [0.1, 0.15) is 0 Å². The number of aryl methyl sites for hydroxylation is 2. The summed E-state index contributed by atoms with van der Waals surface area (Å²) in [4.78, 5) is 12.3. The van der Waals surface area contributed by atoms with Crippen molar-refractivity contribution in [1.29, 1.82) is 0 Å². The molecule has 2 aromatic carbocycles. The van der Waals surface area contributed by atoms with Crippen LogP contribution >= 0.6 is 0 Å². The van der Waals surface area contributed by atoms with Crippen LogP contribution in [-0.4, -0.2) is 4.57 Å². The monoisotopic (exact) mass is 235 g/mol. The molecule has 1 aliphatic rings. The van der Waals surface area contributed by atoms with Crippen molar-refractivity contribution in [3.05, 3.63) is 58.4 Å². The molecule has 0 fully saturated rings. The second-order valence-corrected chi connectivity index (χ2v) is 4.94. The average Bonchev–Trinajstić information content (AvgIpc) is 2.86. The van der Waals surface area contributed by atoms with Crippen molar-refractivity contribution in [3.8, 4) is 0 Å². The van der Waals surface area contributed by atoms with Crippen LogP contribution in [0, 0.1) is 0 Å². The fraction of sp³-hybridized carbons (Fsp3) is 0.188. The number of fused-ring (bicyclic) bond motifs is 5. The van der Waals surface area contributed by atoms with Crippen molar-refractivity contribution in [1.82, 2.24) is 4.57 Å². The maximum atomic E-state index is 12.3. The minimum absolute atomic E-state index is 0.162. The van der Waals surface area contributed by atoms with E-state index in [1.54, 1.807) is 0 Å². The minimum atomic E-state index is 0.162. The Hall–Kier alpha value is -2.09. The van der Waals surface area contributed by atoms with Gasteiger partial charge in [-0.25, -0.2) is 0 Å². The summed E-state index contributed by atoms with van der Waals surface area (Å²) < 4.78 is 2.29. The topological polar surface area (TPSA) is 22.0 Å².